The number of rotatable bonds is 5. The monoisotopic (exact) mass is 309 g/mol. The van der Waals surface area contributed by atoms with Crippen LogP contribution in [0.3, 0.4) is 0 Å². The molecule has 1 aromatic carbocycles. The van der Waals surface area contributed by atoms with Crippen LogP contribution in [-0.2, 0) is 0 Å². The number of benzene rings is 1. The Labute approximate surface area is 134 Å². The van der Waals surface area contributed by atoms with Crippen LogP contribution in [0, 0.1) is 5.92 Å². The van der Waals surface area contributed by atoms with Crippen molar-refractivity contribution in [3.63, 3.8) is 0 Å². The summed E-state index contributed by atoms with van der Waals surface area (Å²) in [7, 11) is 0. The standard InChI is InChI=1S/C17H19N5O/c1-12(2)11-14(19-16(23)13-7-4-3-5-8-13)15-20-21-17-18-9-6-10-22(15)17/h3-10,12,14H,11H2,1-2H3,(H,19,23). The highest BCUT2D eigenvalue weighted by Crippen LogP contribution is 2.20. The topological polar surface area (TPSA) is 72.2 Å². The van der Waals surface area contributed by atoms with E-state index in [1.54, 1.807) is 18.3 Å². The second kappa shape index (κ2) is 6.56. The van der Waals surface area contributed by atoms with Crippen molar-refractivity contribution in [1.82, 2.24) is 24.9 Å². The summed E-state index contributed by atoms with van der Waals surface area (Å²) in [4.78, 5) is 16.7. The van der Waals surface area contributed by atoms with Crippen LogP contribution >= 0.6 is 0 Å². The molecule has 23 heavy (non-hydrogen) atoms. The van der Waals surface area contributed by atoms with Crippen molar-refractivity contribution in [3.8, 4) is 0 Å². The molecule has 2 aromatic heterocycles. The molecule has 0 saturated heterocycles. The van der Waals surface area contributed by atoms with E-state index in [1.807, 2.05) is 34.9 Å². The van der Waals surface area contributed by atoms with E-state index >= 15 is 0 Å². The average Bonchev–Trinajstić information content (AvgIpc) is 2.98. The SMILES string of the molecule is CC(C)CC(NC(=O)c1ccccc1)c1nnc2ncccn12. The van der Waals surface area contributed by atoms with E-state index in [2.05, 4.69) is 34.3 Å². The van der Waals surface area contributed by atoms with Gasteiger partial charge in [-0.05, 0) is 30.5 Å². The van der Waals surface area contributed by atoms with Crippen molar-refractivity contribution >= 4 is 11.7 Å². The maximum atomic E-state index is 12.5. The van der Waals surface area contributed by atoms with E-state index in [4.69, 9.17) is 0 Å². The molecule has 1 atom stereocenters. The molecule has 1 unspecified atom stereocenters. The number of nitrogens with one attached hydrogen (secondary N) is 1. The van der Waals surface area contributed by atoms with Crippen molar-refractivity contribution in [2.75, 3.05) is 0 Å². The average molecular weight is 309 g/mol. The maximum Gasteiger partial charge on any atom is 0.255 e. The first kappa shape index (κ1) is 15.1. The van der Waals surface area contributed by atoms with Crippen molar-refractivity contribution in [3.05, 3.63) is 60.2 Å². The summed E-state index contributed by atoms with van der Waals surface area (Å²) in [6.07, 6.45) is 4.31. The van der Waals surface area contributed by atoms with E-state index < -0.39 is 0 Å². The zero-order chi connectivity index (χ0) is 16.2. The molecule has 0 aliphatic carbocycles. The molecule has 0 aliphatic rings. The first-order chi connectivity index (χ1) is 11.1. The number of hydrogen-bond donors (Lipinski definition) is 1. The van der Waals surface area contributed by atoms with E-state index in [9.17, 15) is 4.79 Å². The Bertz CT molecular complexity index is 797. The number of nitrogens with zero attached hydrogens (tertiary/aromatic N) is 4. The largest absolute Gasteiger partial charge is 0.342 e. The fourth-order valence-corrected chi connectivity index (χ4v) is 2.53. The first-order valence-electron chi connectivity index (χ1n) is 7.66. The molecule has 3 aromatic rings. The van der Waals surface area contributed by atoms with E-state index in [1.165, 1.54) is 0 Å². The molecule has 0 spiro atoms. The Hall–Kier alpha value is -2.76. The van der Waals surface area contributed by atoms with Crippen molar-refractivity contribution in [2.24, 2.45) is 5.92 Å². The molecule has 0 aliphatic heterocycles. The smallest absolute Gasteiger partial charge is 0.255 e. The summed E-state index contributed by atoms with van der Waals surface area (Å²) in [5.74, 6) is 1.52. The Morgan fingerprint density at radius 1 is 1.17 bits per heavy atom. The predicted octanol–water partition coefficient (Wildman–Crippen LogP) is 2.64. The van der Waals surface area contributed by atoms with Crippen LogP contribution in [-0.4, -0.2) is 25.5 Å². The normalized spacial score (nSPS) is 12.5. The minimum absolute atomic E-state index is 0.114. The van der Waals surface area contributed by atoms with Gasteiger partial charge in [0, 0.05) is 18.0 Å². The van der Waals surface area contributed by atoms with Gasteiger partial charge < -0.3 is 5.32 Å². The molecule has 1 amide bonds. The third kappa shape index (κ3) is 3.36. The molecule has 0 bridgehead atoms. The number of carbonyl (C=O) groups is 1. The number of fused-ring (bicyclic) bond motifs is 1. The summed E-state index contributed by atoms with van der Waals surface area (Å²) >= 11 is 0. The fourth-order valence-electron chi connectivity index (χ4n) is 2.53. The highest BCUT2D eigenvalue weighted by molar-refractivity contribution is 5.94. The Morgan fingerprint density at radius 3 is 2.70 bits per heavy atom. The van der Waals surface area contributed by atoms with Gasteiger partial charge in [0.05, 0.1) is 6.04 Å². The van der Waals surface area contributed by atoms with Crippen molar-refractivity contribution < 1.29 is 4.79 Å². The molecule has 6 nitrogen and oxygen atoms in total. The van der Waals surface area contributed by atoms with Crippen LogP contribution in [0.4, 0.5) is 0 Å². The molecule has 0 fully saturated rings. The molecule has 1 N–H and O–H groups in total. The van der Waals surface area contributed by atoms with Gasteiger partial charge in [0.1, 0.15) is 0 Å². The van der Waals surface area contributed by atoms with Crippen molar-refractivity contribution in [2.45, 2.75) is 26.3 Å². The Balaban J connectivity index is 1.90. The molecule has 3 rings (SSSR count). The Morgan fingerprint density at radius 2 is 1.96 bits per heavy atom. The lowest BCUT2D eigenvalue weighted by Gasteiger charge is -2.19. The highest BCUT2D eigenvalue weighted by atomic mass is 16.1. The van der Waals surface area contributed by atoms with Gasteiger partial charge in [0.2, 0.25) is 0 Å². The van der Waals surface area contributed by atoms with E-state index in [0.29, 0.717) is 23.1 Å². The quantitative estimate of drug-likeness (QED) is 0.786. The van der Waals surface area contributed by atoms with E-state index in [0.717, 1.165) is 6.42 Å². The minimum Gasteiger partial charge on any atom is -0.342 e. The Kier molecular flexibility index (Phi) is 4.32. The van der Waals surface area contributed by atoms with Gasteiger partial charge in [-0.15, -0.1) is 10.2 Å². The molecular formula is C17H19N5O. The second-order valence-electron chi connectivity index (χ2n) is 5.87. The summed E-state index contributed by atoms with van der Waals surface area (Å²) in [5, 5.41) is 11.4. The summed E-state index contributed by atoms with van der Waals surface area (Å²) in [6.45, 7) is 4.23. The van der Waals surface area contributed by atoms with Gasteiger partial charge in [-0.2, -0.15) is 0 Å². The lowest BCUT2D eigenvalue weighted by Crippen LogP contribution is -2.30. The third-order valence-corrected chi connectivity index (χ3v) is 3.58. The van der Waals surface area contributed by atoms with Crippen LogP contribution in [0.15, 0.2) is 48.8 Å². The van der Waals surface area contributed by atoms with E-state index in [-0.39, 0.29) is 11.9 Å². The number of carbonyl (C=O) groups excluding carboxylic acids is 1. The molecule has 6 heteroatoms. The third-order valence-electron chi connectivity index (χ3n) is 3.58. The number of hydrogen-bond acceptors (Lipinski definition) is 4. The maximum absolute atomic E-state index is 12.5. The zero-order valence-electron chi connectivity index (χ0n) is 13.2. The van der Waals surface area contributed by atoms with Gasteiger partial charge in [-0.25, -0.2) is 4.98 Å². The highest BCUT2D eigenvalue weighted by Gasteiger charge is 2.22. The van der Waals surface area contributed by atoms with Crippen LogP contribution in [0.5, 0.6) is 0 Å². The first-order valence-corrected chi connectivity index (χ1v) is 7.66. The minimum atomic E-state index is -0.220. The molecule has 2 heterocycles. The second-order valence-corrected chi connectivity index (χ2v) is 5.87. The van der Waals surface area contributed by atoms with Crippen LogP contribution in [0.25, 0.3) is 5.78 Å². The fraction of sp³-hybridized carbons (Fsp3) is 0.294. The lowest BCUT2D eigenvalue weighted by atomic mass is 10.0. The lowest BCUT2D eigenvalue weighted by molar-refractivity contribution is 0.0929. The summed E-state index contributed by atoms with van der Waals surface area (Å²) < 4.78 is 1.82. The van der Waals surface area contributed by atoms with Crippen molar-refractivity contribution in [1.29, 1.82) is 0 Å². The number of aromatic nitrogens is 4. The summed E-state index contributed by atoms with van der Waals surface area (Å²) in [5.41, 5.74) is 0.633. The predicted molar refractivity (Wildman–Crippen MR) is 86.9 cm³/mol. The van der Waals surface area contributed by atoms with Crippen LogP contribution in [0.2, 0.25) is 0 Å². The molecular weight excluding hydrogens is 290 g/mol. The van der Waals surface area contributed by atoms with Gasteiger partial charge in [-0.1, -0.05) is 32.0 Å². The zero-order valence-corrected chi connectivity index (χ0v) is 13.2. The van der Waals surface area contributed by atoms with Gasteiger partial charge in [0.25, 0.3) is 11.7 Å². The summed E-state index contributed by atoms with van der Waals surface area (Å²) in [6, 6.07) is 10.8. The molecule has 0 radical (unpaired) electrons. The molecule has 0 saturated carbocycles. The van der Waals surface area contributed by atoms with Gasteiger partial charge in [-0.3, -0.25) is 9.20 Å². The molecule has 118 valence electrons. The van der Waals surface area contributed by atoms with Gasteiger partial charge in [0.15, 0.2) is 5.82 Å². The number of amides is 1. The van der Waals surface area contributed by atoms with Crippen LogP contribution in [0.1, 0.15) is 42.5 Å². The van der Waals surface area contributed by atoms with Crippen LogP contribution < -0.4 is 5.32 Å². The van der Waals surface area contributed by atoms with Gasteiger partial charge >= 0.3 is 0 Å².